The van der Waals surface area contributed by atoms with E-state index in [4.69, 9.17) is 23.2 Å². The van der Waals surface area contributed by atoms with Crippen molar-refractivity contribution in [3.63, 3.8) is 0 Å². The van der Waals surface area contributed by atoms with Crippen LogP contribution in [0.4, 0.5) is 0 Å². The largest absolute Gasteiger partial charge is 0.242 e. The SMILES string of the molecule is C=C(C)CNS(=O)(=O)c1c(C)c(Cl)cc(C)c1Cl. The highest BCUT2D eigenvalue weighted by molar-refractivity contribution is 7.89. The van der Waals surface area contributed by atoms with Crippen molar-refractivity contribution in [3.05, 3.63) is 39.4 Å². The zero-order valence-corrected chi connectivity index (χ0v) is 12.8. The van der Waals surface area contributed by atoms with Crippen LogP contribution in [0.3, 0.4) is 0 Å². The first-order chi connectivity index (χ1) is 8.16. The Balaban J connectivity index is 3.36. The van der Waals surface area contributed by atoms with Crippen LogP contribution in [0, 0.1) is 13.8 Å². The fraction of sp³-hybridized carbons (Fsp3) is 0.333. The van der Waals surface area contributed by atoms with E-state index in [0.717, 1.165) is 0 Å². The second-order valence-corrected chi connectivity index (χ2v) is 6.71. The van der Waals surface area contributed by atoms with Gasteiger partial charge in [0, 0.05) is 11.6 Å². The molecule has 0 aromatic heterocycles. The fourth-order valence-corrected chi connectivity index (χ4v) is 3.73. The summed E-state index contributed by atoms with van der Waals surface area (Å²) in [5, 5.41) is 0.582. The van der Waals surface area contributed by atoms with Gasteiger partial charge < -0.3 is 0 Å². The zero-order valence-electron chi connectivity index (χ0n) is 10.5. The van der Waals surface area contributed by atoms with Crippen LogP contribution in [0.25, 0.3) is 0 Å². The molecule has 1 N–H and O–H groups in total. The minimum Gasteiger partial charge on any atom is -0.207 e. The maximum atomic E-state index is 12.2. The number of nitrogens with one attached hydrogen (secondary N) is 1. The molecule has 0 fully saturated rings. The van der Waals surface area contributed by atoms with Crippen LogP contribution < -0.4 is 4.72 Å². The summed E-state index contributed by atoms with van der Waals surface area (Å²) in [5.41, 5.74) is 1.79. The Morgan fingerprint density at radius 1 is 1.39 bits per heavy atom. The second-order valence-electron chi connectivity index (χ2n) is 4.23. The van der Waals surface area contributed by atoms with E-state index in [9.17, 15) is 8.42 Å². The van der Waals surface area contributed by atoms with Crippen LogP contribution in [0.1, 0.15) is 18.1 Å². The van der Waals surface area contributed by atoms with E-state index >= 15 is 0 Å². The summed E-state index contributed by atoms with van der Waals surface area (Å²) in [6.45, 7) is 8.89. The molecule has 0 saturated carbocycles. The van der Waals surface area contributed by atoms with Gasteiger partial charge in [0.1, 0.15) is 4.90 Å². The predicted molar refractivity (Wildman–Crippen MR) is 75.9 cm³/mol. The van der Waals surface area contributed by atoms with Crippen molar-refractivity contribution in [1.82, 2.24) is 4.72 Å². The lowest BCUT2D eigenvalue weighted by Gasteiger charge is -2.14. The summed E-state index contributed by atoms with van der Waals surface area (Å²) in [5.74, 6) is 0. The van der Waals surface area contributed by atoms with Crippen LogP contribution >= 0.6 is 23.2 Å². The molecule has 6 heteroatoms. The van der Waals surface area contributed by atoms with Gasteiger partial charge in [-0.1, -0.05) is 35.4 Å². The standard InChI is InChI=1S/C12H15Cl2NO2S/c1-7(2)6-15-18(16,17)12-9(4)10(13)5-8(3)11(12)14/h5,15H,1,6H2,2-4H3. The van der Waals surface area contributed by atoms with E-state index in [-0.39, 0.29) is 16.5 Å². The fourth-order valence-electron chi connectivity index (χ4n) is 1.42. The molecule has 1 aromatic rings. The van der Waals surface area contributed by atoms with E-state index in [2.05, 4.69) is 11.3 Å². The molecule has 0 amide bonds. The summed E-state index contributed by atoms with van der Waals surface area (Å²) in [6.07, 6.45) is 0. The maximum Gasteiger partial charge on any atom is 0.242 e. The number of rotatable bonds is 4. The van der Waals surface area contributed by atoms with E-state index in [0.29, 0.717) is 21.7 Å². The summed E-state index contributed by atoms with van der Waals surface area (Å²) in [4.78, 5) is 0.0374. The number of hydrogen-bond acceptors (Lipinski definition) is 2. The number of halogens is 2. The highest BCUT2D eigenvalue weighted by Crippen LogP contribution is 2.33. The molecule has 100 valence electrons. The Labute approximate surface area is 118 Å². The minimum absolute atomic E-state index is 0.0374. The first-order valence-electron chi connectivity index (χ1n) is 5.26. The Hall–Kier alpha value is -0.550. The molecule has 0 saturated heterocycles. The summed E-state index contributed by atoms with van der Waals surface area (Å²) in [7, 11) is -3.69. The van der Waals surface area contributed by atoms with Crippen molar-refractivity contribution in [3.8, 4) is 0 Å². The van der Waals surface area contributed by atoms with Gasteiger partial charge in [0.25, 0.3) is 0 Å². The lowest BCUT2D eigenvalue weighted by Crippen LogP contribution is -2.26. The van der Waals surface area contributed by atoms with Gasteiger partial charge in [0.05, 0.1) is 5.02 Å². The summed E-state index contributed by atoms with van der Waals surface area (Å²) >= 11 is 12.1. The molecule has 1 rings (SSSR count). The molecule has 0 radical (unpaired) electrons. The van der Waals surface area contributed by atoms with Crippen LogP contribution in [-0.4, -0.2) is 15.0 Å². The number of hydrogen-bond donors (Lipinski definition) is 1. The Morgan fingerprint density at radius 3 is 2.44 bits per heavy atom. The average Bonchev–Trinajstić information content (AvgIpc) is 2.24. The third kappa shape index (κ3) is 3.26. The highest BCUT2D eigenvalue weighted by Gasteiger charge is 2.23. The normalized spacial score (nSPS) is 11.6. The van der Waals surface area contributed by atoms with Crippen molar-refractivity contribution in [2.45, 2.75) is 25.7 Å². The van der Waals surface area contributed by atoms with Gasteiger partial charge in [-0.3, -0.25) is 0 Å². The zero-order chi connectivity index (χ0) is 14.1. The van der Waals surface area contributed by atoms with E-state index < -0.39 is 10.0 Å². The molecular weight excluding hydrogens is 293 g/mol. The van der Waals surface area contributed by atoms with Crippen molar-refractivity contribution >= 4 is 33.2 Å². The third-order valence-electron chi connectivity index (χ3n) is 2.42. The minimum atomic E-state index is -3.69. The number of sulfonamides is 1. The molecule has 0 aliphatic heterocycles. The van der Waals surface area contributed by atoms with E-state index in [1.54, 1.807) is 26.8 Å². The van der Waals surface area contributed by atoms with Gasteiger partial charge in [0.2, 0.25) is 10.0 Å². The first kappa shape index (κ1) is 15.5. The molecule has 0 unspecified atom stereocenters. The van der Waals surface area contributed by atoms with Gasteiger partial charge in [-0.25, -0.2) is 13.1 Å². The molecular formula is C12H15Cl2NO2S. The van der Waals surface area contributed by atoms with Gasteiger partial charge >= 0.3 is 0 Å². The predicted octanol–water partition coefficient (Wildman–Crippen LogP) is 3.46. The lowest BCUT2D eigenvalue weighted by atomic mass is 10.2. The summed E-state index contributed by atoms with van der Waals surface area (Å²) < 4.78 is 26.8. The van der Waals surface area contributed by atoms with Crippen molar-refractivity contribution in [2.75, 3.05) is 6.54 Å². The monoisotopic (exact) mass is 307 g/mol. The lowest BCUT2D eigenvalue weighted by molar-refractivity contribution is 0.584. The molecule has 0 aliphatic carbocycles. The Bertz CT molecular complexity index is 568. The van der Waals surface area contributed by atoms with Gasteiger partial charge in [0.15, 0.2) is 0 Å². The first-order valence-corrected chi connectivity index (χ1v) is 7.50. The van der Waals surface area contributed by atoms with Gasteiger partial charge in [-0.15, -0.1) is 0 Å². The van der Waals surface area contributed by atoms with Crippen LogP contribution in [0.5, 0.6) is 0 Å². The number of aryl methyl sites for hydroxylation is 1. The van der Waals surface area contributed by atoms with Crippen LogP contribution in [0.2, 0.25) is 10.0 Å². The molecule has 3 nitrogen and oxygen atoms in total. The summed E-state index contributed by atoms with van der Waals surface area (Å²) in [6, 6.07) is 1.65. The van der Waals surface area contributed by atoms with Gasteiger partial charge in [-0.2, -0.15) is 0 Å². The third-order valence-corrected chi connectivity index (χ3v) is 4.98. The van der Waals surface area contributed by atoms with Crippen LogP contribution in [-0.2, 0) is 10.0 Å². The smallest absolute Gasteiger partial charge is 0.207 e. The van der Waals surface area contributed by atoms with E-state index in [1.807, 2.05) is 0 Å². The van der Waals surface area contributed by atoms with Crippen molar-refractivity contribution < 1.29 is 8.42 Å². The highest BCUT2D eigenvalue weighted by atomic mass is 35.5. The number of benzene rings is 1. The molecule has 0 atom stereocenters. The topological polar surface area (TPSA) is 46.2 Å². The Morgan fingerprint density at radius 2 is 1.94 bits per heavy atom. The molecule has 1 aromatic carbocycles. The molecule has 18 heavy (non-hydrogen) atoms. The maximum absolute atomic E-state index is 12.2. The van der Waals surface area contributed by atoms with Crippen LogP contribution in [0.15, 0.2) is 23.1 Å². The van der Waals surface area contributed by atoms with Crippen molar-refractivity contribution in [2.24, 2.45) is 0 Å². The molecule has 0 aliphatic rings. The second kappa shape index (κ2) is 5.61. The molecule has 0 bridgehead atoms. The Kier molecular flexibility index (Phi) is 4.84. The van der Waals surface area contributed by atoms with Gasteiger partial charge in [-0.05, 0) is 38.0 Å². The molecule has 0 spiro atoms. The van der Waals surface area contributed by atoms with E-state index in [1.165, 1.54) is 0 Å². The quantitative estimate of drug-likeness (QED) is 0.866. The van der Waals surface area contributed by atoms with Crippen molar-refractivity contribution in [1.29, 1.82) is 0 Å². The average molecular weight is 308 g/mol. The molecule has 0 heterocycles.